The molecule has 9 heteroatoms. The van der Waals surface area contributed by atoms with Gasteiger partial charge in [-0.15, -0.1) is 11.3 Å². The Bertz CT molecular complexity index is 646. The minimum Gasteiger partial charge on any atom is -0.477 e. The number of thiophene rings is 1. The number of nitrogens with zero attached hydrogens (tertiary/aromatic N) is 1. The van der Waals surface area contributed by atoms with Crippen LogP contribution in [0.25, 0.3) is 0 Å². The molecule has 2 saturated heterocycles. The van der Waals surface area contributed by atoms with E-state index >= 15 is 0 Å². The van der Waals surface area contributed by atoms with Crippen LogP contribution in [-0.4, -0.2) is 55.9 Å². The number of hydrogen-bond acceptors (Lipinski definition) is 6. The predicted molar refractivity (Wildman–Crippen MR) is 73.9 cm³/mol. The van der Waals surface area contributed by atoms with E-state index in [1.165, 1.54) is 15.8 Å². The van der Waals surface area contributed by atoms with Crippen molar-refractivity contribution < 1.29 is 27.8 Å². The third kappa shape index (κ3) is 2.71. The van der Waals surface area contributed by atoms with Crippen molar-refractivity contribution in [3.8, 4) is 0 Å². The van der Waals surface area contributed by atoms with Crippen molar-refractivity contribution in [3.05, 3.63) is 16.3 Å². The summed E-state index contributed by atoms with van der Waals surface area (Å²) in [5, 5.41) is 10.3. The Balaban J connectivity index is 1.85. The summed E-state index contributed by atoms with van der Waals surface area (Å²) in [5.41, 5.74) is 0. The number of ether oxygens (including phenoxy) is 2. The van der Waals surface area contributed by atoms with Gasteiger partial charge in [0.2, 0.25) is 10.0 Å². The Labute approximate surface area is 126 Å². The summed E-state index contributed by atoms with van der Waals surface area (Å²) >= 11 is 0.904. The van der Waals surface area contributed by atoms with E-state index in [4.69, 9.17) is 14.6 Å². The second kappa shape index (κ2) is 5.33. The lowest BCUT2D eigenvalue weighted by atomic mass is 10.1. The van der Waals surface area contributed by atoms with Crippen LogP contribution >= 0.6 is 11.3 Å². The van der Waals surface area contributed by atoms with E-state index in [-0.39, 0.29) is 16.3 Å². The molecule has 1 N–H and O–H groups in total. The molecule has 2 aliphatic heterocycles. The lowest BCUT2D eigenvalue weighted by molar-refractivity contribution is -0.179. The Hall–Kier alpha value is -1.00. The van der Waals surface area contributed by atoms with Crippen LogP contribution in [0.3, 0.4) is 0 Å². The lowest BCUT2D eigenvalue weighted by Gasteiger charge is -2.37. The SMILES string of the molecule is O=C(O)c1cc(S(=O)(=O)N2CCCC3(C2)OCCO3)cs1. The van der Waals surface area contributed by atoms with Crippen molar-refractivity contribution >= 4 is 27.3 Å². The van der Waals surface area contributed by atoms with Crippen molar-refractivity contribution in [3.63, 3.8) is 0 Å². The van der Waals surface area contributed by atoms with Crippen LogP contribution in [-0.2, 0) is 19.5 Å². The van der Waals surface area contributed by atoms with Gasteiger partial charge in [-0.2, -0.15) is 4.31 Å². The molecule has 0 atom stereocenters. The molecule has 0 saturated carbocycles. The molecular weight excluding hydrogens is 318 g/mol. The van der Waals surface area contributed by atoms with Crippen LogP contribution in [0.15, 0.2) is 16.3 Å². The number of carboxylic acids is 1. The van der Waals surface area contributed by atoms with Gasteiger partial charge < -0.3 is 14.6 Å². The highest BCUT2D eigenvalue weighted by Gasteiger charge is 2.44. The number of piperidine rings is 1. The maximum Gasteiger partial charge on any atom is 0.345 e. The van der Waals surface area contributed by atoms with Gasteiger partial charge in [0.15, 0.2) is 5.79 Å². The predicted octanol–water partition coefficient (Wildman–Crippen LogP) is 0.974. The van der Waals surface area contributed by atoms with Gasteiger partial charge in [0, 0.05) is 18.3 Å². The number of aromatic carboxylic acids is 1. The molecule has 3 rings (SSSR count). The fraction of sp³-hybridized carbons (Fsp3) is 0.583. The first kappa shape index (κ1) is 14.9. The zero-order chi connectivity index (χ0) is 15.1. The summed E-state index contributed by atoms with van der Waals surface area (Å²) in [4.78, 5) is 10.9. The highest BCUT2D eigenvalue weighted by atomic mass is 32.2. The van der Waals surface area contributed by atoms with E-state index in [2.05, 4.69) is 0 Å². The summed E-state index contributed by atoms with van der Waals surface area (Å²) in [6, 6.07) is 1.19. The van der Waals surface area contributed by atoms with Crippen LogP contribution < -0.4 is 0 Å². The van der Waals surface area contributed by atoms with Crippen molar-refractivity contribution in [1.29, 1.82) is 0 Å². The lowest BCUT2D eigenvalue weighted by Crippen LogP contribution is -2.50. The van der Waals surface area contributed by atoms with Gasteiger partial charge in [-0.1, -0.05) is 0 Å². The standard InChI is InChI=1S/C12H15NO6S2/c14-11(15)10-6-9(7-20-10)21(16,17)13-3-1-2-12(8-13)18-4-5-19-12/h6-7H,1-5,8H2,(H,14,15). The number of rotatable bonds is 3. The second-order valence-electron chi connectivity index (χ2n) is 5.00. The first-order valence-electron chi connectivity index (χ1n) is 6.53. The topological polar surface area (TPSA) is 93.1 Å². The molecule has 3 heterocycles. The molecule has 2 aliphatic rings. The van der Waals surface area contributed by atoms with Crippen molar-refractivity contribution in [2.75, 3.05) is 26.3 Å². The molecule has 0 unspecified atom stereocenters. The third-order valence-corrected chi connectivity index (χ3v) is 6.51. The van der Waals surface area contributed by atoms with E-state index in [0.717, 1.165) is 11.3 Å². The molecule has 116 valence electrons. The van der Waals surface area contributed by atoms with Crippen LogP contribution in [0.1, 0.15) is 22.5 Å². The molecule has 0 bridgehead atoms. The largest absolute Gasteiger partial charge is 0.477 e. The quantitative estimate of drug-likeness (QED) is 0.886. The van der Waals surface area contributed by atoms with Crippen molar-refractivity contribution in [1.82, 2.24) is 4.31 Å². The van der Waals surface area contributed by atoms with Crippen LogP contribution in [0.2, 0.25) is 0 Å². The molecule has 21 heavy (non-hydrogen) atoms. The summed E-state index contributed by atoms with van der Waals surface area (Å²) < 4.78 is 37.6. The summed E-state index contributed by atoms with van der Waals surface area (Å²) in [6.45, 7) is 1.47. The maximum absolute atomic E-state index is 12.6. The summed E-state index contributed by atoms with van der Waals surface area (Å²) in [5.74, 6) is -1.96. The van der Waals surface area contributed by atoms with Gasteiger partial charge in [0.25, 0.3) is 0 Å². The Morgan fingerprint density at radius 2 is 2.10 bits per heavy atom. The molecule has 0 aliphatic carbocycles. The van der Waals surface area contributed by atoms with E-state index in [9.17, 15) is 13.2 Å². The van der Waals surface area contributed by atoms with Gasteiger partial charge >= 0.3 is 5.97 Å². The molecular formula is C12H15NO6S2. The van der Waals surface area contributed by atoms with Gasteiger partial charge in [-0.3, -0.25) is 0 Å². The van der Waals surface area contributed by atoms with E-state index in [1.54, 1.807) is 0 Å². The molecule has 1 aromatic rings. The minimum absolute atomic E-state index is 0.00802. The Morgan fingerprint density at radius 3 is 2.71 bits per heavy atom. The van der Waals surface area contributed by atoms with Crippen molar-refractivity contribution in [2.45, 2.75) is 23.5 Å². The zero-order valence-corrected chi connectivity index (χ0v) is 12.8. The highest BCUT2D eigenvalue weighted by Crippen LogP contribution is 2.33. The van der Waals surface area contributed by atoms with Crippen LogP contribution in [0.5, 0.6) is 0 Å². The van der Waals surface area contributed by atoms with E-state index in [0.29, 0.717) is 32.6 Å². The molecule has 0 radical (unpaired) electrons. The van der Waals surface area contributed by atoms with Gasteiger partial charge in [0.05, 0.1) is 24.7 Å². The summed E-state index contributed by atoms with van der Waals surface area (Å²) in [6.07, 6.45) is 1.32. The zero-order valence-electron chi connectivity index (χ0n) is 11.1. The first-order chi connectivity index (χ1) is 9.93. The molecule has 7 nitrogen and oxygen atoms in total. The monoisotopic (exact) mass is 333 g/mol. The Morgan fingerprint density at radius 1 is 1.38 bits per heavy atom. The third-order valence-electron chi connectivity index (χ3n) is 3.62. The number of carbonyl (C=O) groups is 1. The van der Waals surface area contributed by atoms with Gasteiger partial charge in [-0.05, 0) is 12.5 Å². The van der Waals surface area contributed by atoms with Gasteiger partial charge in [0.1, 0.15) is 4.88 Å². The fourth-order valence-electron chi connectivity index (χ4n) is 2.60. The van der Waals surface area contributed by atoms with E-state index < -0.39 is 21.8 Å². The number of sulfonamides is 1. The molecule has 0 aromatic carbocycles. The molecule has 1 spiro atoms. The Kier molecular flexibility index (Phi) is 3.78. The fourth-order valence-corrected chi connectivity index (χ4v) is 5.22. The number of hydrogen-bond donors (Lipinski definition) is 1. The van der Waals surface area contributed by atoms with E-state index in [1.807, 2.05) is 0 Å². The first-order valence-corrected chi connectivity index (χ1v) is 8.85. The summed E-state index contributed by atoms with van der Waals surface area (Å²) in [7, 11) is -3.72. The van der Waals surface area contributed by atoms with Gasteiger partial charge in [-0.25, -0.2) is 13.2 Å². The molecule has 1 aromatic heterocycles. The smallest absolute Gasteiger partial charge is 0.345 e. The molecule has 2 fully saturated rings. The molecule has 0 amide bonds. The van der Waals surface area contributed by atoms with Crippen LogP contribution in [0.4, 0.5) is 0 Å². The normalized spacial score (nSPS) is 22.7. The maximum atomic E-state index is 12.6. The minimum atomic E-state index is -3.72. The average Bonchev–Trinajstić information content (AvgIpc) is 3.09. The number of carboxylic acid groups (broad SMARTS) is 1. The average molecular weight is 333 g/mol. The van der Waals surface area contributed by atoms with Crippen molar-refractivity contribution in [2.24, 2.45) is 0 Å². The highest BCUT2D eigenvalue weighted by molar-refractivity contribution is 7.89. The van der Waals surface area contributed by atoms with Crippen LogP contribution in [0, 0.1) is 0 Å². The second-order valence-corrected chi connectivity index (χ2v) is 7.85.